The summed E-state index contributed by atoms with van der Waals surface area (Å²) < 4.78 is 26.4. The zero-order valence-corrected chi connectivity index (χ0v) is 30.5. The van der Waals surface area contributed by atoms with E-state index in [2.05, 4.69) is 76.2 Å². The molecule has 1 radical (unpaired) electrons. The van der Waals surface area contributed by atoms with Gasteiger partial charge in [-0.3, -0.25) is 8.78 Å². The van der Waals surface area contributed by atoms with Gasteiger partial charge in [-0.1, -0.05) is 0 Å². The Bertz CT molecular complexity index is 2050. The van der Waals surface area contributed by atoms with Gasteiger partial charge in [-0.05, 0) is 38.7 Å². The molecule has 0 unspecified atom stereocenters. The molecular formula is C37H29F2IrN13-6. The molecule has 16 heteroatoms. The Labute approximate surface area is 319 Å². The van der Waals surface area contributed by atoms with Crippen molar-refractivity contribution in [3.8, 4) is 0 Å². The van der Waals surface area contributed by atoms with Crippen LogP contribution in [0.1, 0.15) is 12.8 Å². The number of hydrogen-bond acceptors (Lipinski definition) is 13. The van der Waals surface area contributed by atoms with E-state index in [-0.39, 0.29) is 25.8 Å². The van der Waals surface area contributed by atoms with Crippen molar-refractivity contribution in [3.05, 3.63) is 142 Å². The van der Waals surface area contributed by atoms with E-state index >= 15 is 0 Å². The molecule has 271 valence electrons. The van der Waals surface area contributed by atoms with Gasteiger partial charge in [-0.25, -0.2) is 29.9 Å². The third-order valence-corrected chi connectivity index (χ3v) is 8.26. The number of para-hydroxylation sites is 2. The fraction of sp³-hybridized carbons (Fsp3) is 0.135. The zero-order chi connectivity index (χ0) is 35.4. The maximum absolute atomic E-state index is 13.6. The second kappa shape index (κ2) is 15.8. The molecule has 0 saturated heterocycles. The van der Waals surface area contributed by atoms with Crippen LogP contribution in [-0.2, 0) is 20.1 Å². The largest absolute Gasteiger partial charge is 0.487 e. The van der Waals surface area contributed by atoms with Crippen molar-refractivity contribution in [1.82, 2.24) is 34.9 Å². The summed E-state index contributed by atoms with van der Waals surface area (Å²) in [5.74, 6) is 2.57. The molecule has 3 aliphatic rings. The van der Waals surface area contributed by atoms with Gasteiger partial charge in [0.25, 0.3) is 0 Å². The summed E-state index contributed by atoms with van der Waals surface area (Å²) in [5, 5.41) is 0. The fourth-order valence-electron chi connectivity index (χ4n) is 5.92. The van der Waals surface area contributed by atoms with Gasteiger partial charge in [0.05, 0.1) is 5.95 Å². The summed E-state index contributed by atoms with van der Waals surface area (Å²) in [6, 6.07) is 25.8. The molecule has 4 aromatic heterocycles. The molecule has 0 amide bonds. The van der Waals surface area contributed by atoms with Gasteiger partial charge in [0.2, 0.25) is 0 Å². The summed E-state index contributed by atoms with van der Waals surface area (Å²) in [5.41, 5.74) is 1.90. The molecule has 0 atom stereocenters. The summed E-state index contributed by atoms with van der Waals surface area (Å²) in [4.78, 5) is 41.1. The first-order valence-corrected chi connectivity index (χ1v) is 16.3. The van der Waals surface area contributed by atoms with Crippen LogP contribution in [0.2, 0.25) is 0 Å². The SMILES string of the molecule is CN1[CH-]N(c2[c-]cc(F)nc2F)c2nccnc21.[Ir].[c-]1ccccc1N1[CH-]N(CCCCN2[CH-]N(c3[c-]cccc3)c3nccnc32)c2nccnc21. The molecule has 0 N–H and O–H groups in total. The molecule has 53 heavy (non-hydrogen) atoms. The van der Waals surface area contributed by atoms with Crippen molar-refractivity contribution in [2.24, 2.45) is 0 Å². The molecule has 0 saturated carbocycles. The number of rotatable bonds is 8. The molecule has 0 fully saturated rings. The molecule has 0 bridgehead atoms. The van der Waals surface area contributed by atoms with E-state index < -0.39 is 11.9 Å². The maximum Gasteiger partial charge on any atom is 0.144 e. The first-order chi connectivity index (χ1) is 25.5. The van der Waals surface area contributed by atoms with Crippen LogP contribution in [0, 0.1) is 50.1 Å². The van der Waals surface area contributed by atoms with E-state index in [9.17, 15) is 8.78 Å². The predicted octanol–water partition coefficient (Wildman–Crippen LogP) is 6.16. The van der Waals surface area contributed by atoms with E-state index in [1.807, 2.05) is 58.3 Å². The Hall–Kier alpha value is -5.86. The number of nitrogens with zero attached hydrogens (tertiary/aromatic N) is 13. The van der Waals surface area contributed by atoms with Crippen LogP contribution in [0.4, 0.5) is 60.8 Å². The van der Waals surface area contributed by atoms with Crippen LogP contribution < -0.4 is 29.4 Å². The fourth-order valence-corrected chi connectivity index (χ4v) is 5.92. The van der Waals surface area contributed by atoms with Crippen LogP contribution in [0.15, 0.2) is 91.8 Å². The number of halogens is 2. The second-order valence-corrected chi connectivity index (χ2v) is 11.6. The minimum atomic E-state index is -0.946. The van der Waals surface area contributed by atoms with Gasteiger partial charge in [0, 0.05) is 57.3 Å². The summed E-state index contributed by atoms with van der Waals surface area (Å²) in [6.07, 6.45) is 11.9. The van der Waals surface area contributed by atoms with Crippen molar-refractivity contribution in [2.45, 2.75) is 12.8 Å². The van der Waals surface area contributed by atoms with Crippen LogP contribution in [0.25, 0.3) is 0 Å². The molecule has 0 spiro atoms. The molecule has 9 rings (SSSR count). The Balaban J connectivity index is 0.000000194. The van der Waals surface area contributed by atoms with Crippen molar-refractivity contribution in [1.29, 1.82) is 0 Å². The molecule has 2 aromatic carbocycles. The summed E-state index contributed by atoms with van der Waals surface area (Å²) in [7, 11) is 1.75. The topological polar surface area (TPSA) is 110 Å². The summed E-state index contributed by atoms with van der Waals surface area (Å²) >= 11 is 0. The third kappa shape index (κ3) is 7.28. The van der Waals surface area contributed by atoms with Gasteiger partial charge >= 0.3 is 0 Å². The van der Waals surface area contributed by atoms with E-state index in [1.165, 1.54) is 17.3 Å². The molecule has 7 heterocycles. The predicted molar refractivity (Wildman–Crippen MR) is 191 cm³/mol. The first kappa shape index (κ1) is 35.5. The third-order valence-electron chi connectivity index (χ3n) is 8.26. The zero-order valence-electron chi connectivity index (χ0n) is 28.1. The average molecular weight is 886 g/mol. The summed E-state index contributed by atoms with van der Waals surface area (Å²) in [6.45, 7) is 7.39. The normalized spacial score (nSPS) is 14.0. The Morgan fingerprint density at radius 3 is 1.53 bits per heavy atom. The Kier molecular flexibility index (Phi) is 10.6. The van der Waals surface area contributed by atoms with E-state index in [4.69, 9.17) is 0 Å². The average Bonchev–Trinajstić information content (AvgIpc) is 3.86. The van der Waals surface area contributed by atoms with Crippen LogP contribution in [0.5, 0.6) is 0 Å². The maximum atomic E-state index is 13.6. The molecule has 6 aromatic rings. The minimum absolute atomic E-state index is 0. The van der Waals surface area contributed by atoms with E-state index in [1.54, 1.807) is 43.4 Å². The van der Waals surface area contributed by atoms with E-state index in [0.29, 0.717) is 11.6 Å². The number of anilines is 9. The standard InChI is InChI=1S/C26H22N8.C11H7F2N5.Ir/c1-3-9-21(10-4-1)33-19-31(23-25(33)29-15-13-27-23)17-7-8-18-32-20-34(22-11-5-2-6-12-22)26-24(32)28-14-16-30-26;1-17-6-18(11-10(17)14-4-5-15-11)7-2-3-8(12)16-9(7)13;/h1-6,9,11,13-16,19-20H,7-8,17-18H2;3-6H,1H3;/q-4;-2;. The van der Waals surface area contributed by atoms with Gasteiger partial charge in [-0.2, -0.15) is 66.7 Å². The monoisotopic (exact) mass is 886 g/mol. The number of fused-ring (bicyclic) bond motifs is 3. The first-order valence-electron chi connectivity index (χ1n) is 16.3. The number of pyridine rings is 1. The van der Waals surface area contributed by atoms with Crippen molar-refractivity contribution < 1.29 is 28.9 Å². The van der Waals surface area contributed by atoms with Crippen LogP contribution >= 0.6 is 0 Å². The molecular weight excluding hydrogens is 857 g/mol. The number of aromatic nitrogens is 7. The number of benzene rings is 2. The van der Waals surface area contributed by atoms with Gasteiger partial charge < -0.3 is 34.4 Å². The van der Waals surface area contributed by atoms with Gasteiger partial charge in [-0.15, -0.1) is 37.4 Å². The molecule has 3 aliphatic heterocycles. The smallest absolute Gasteiger partial charge is 0.144 e. The Morgan fingerprint density at radius 1 is 0.585 bits per heavy atom. The van der Waals surface area contributed by atoms with E-state index in [0.717, 1.165) is 66.6 Å². The second-order valence-electron chi connectivity index (χ2n) is 11.6. The molecule has 13 nitrogen and oxygen atoms in total. The van der Waals surface area contributed by atoms with Crippen molar-refractivity contribution >= 4 is 52.0 Å². The number of hydrogen-bond donors (Lipinski definition) is 0. The number of unbranched alkanes of at least 4 members (excludes halogenated alkanes) is 1. The van der Waals surface area contributed by atoms with Gasteiger partial charge in [0.1, 0.15) is 40.9 Å². The quantitative estimate of drug-likeness (QED) is 0.0991. The van der Waals surface area contributed by atoms with Crippen molar-refractivity contribution in [3.63, 3.8) is 0 Å². The minimum Gasteiger partial charge on any atom is -0.487 e. The van der Waals surface area contributed by atoms with Crippen LogP contribution in [-0.4, -0.2) is 55.0 Å². The van der Waals surface area contributed by atoms with Gasteiger partial charge in [0.15, 0.2) is 0 Å². The molecule has 0 aliphatic carbocycles. The van der Waals surface area contributed by atoms with Crippen molar-refractivity contribution in [2.75, 3.05) is 49.5 Å². The van der Waals surface area contributed by atoms with Crippen LogP contribution in [0.3, 0.4) is 0 Å². The Morgan fingerprint density at radius 2 is 1.06 bits per heavy atom.